The van der Waals surface area contributed by atoms with E-state index in [-0.39, 0.29) is 35.9 Å². The lowest BCUT2D eigenvalue weighted by Gasteiger charge is -2.33. The first kappa shape index (κ1) is 20.2. The minimum absolute atomic E-state index is 0. The third kappa shape index (κ3) is 6.29. The second kappa shape index (κ2) is 10.9. The highest BCUT2D eigenvalue weighted by Crippen LogP contribution is 2.18. The number of piperidine rings is 1. The third-order valence-electron chi connectivity index (χ3n) is 4.33. The zero-order chi connectivity index (χ0) is 15.8. The Labute approximate surface area is 155 Å². The molecule has 0 bridgehead atoms. The minimum Gasteiger partial charge on any atom is -0.469 e. The zero-order valence-electron chi connectivity index (χ0n) is 14.0. The van der Waals surface area contributed by atoms with Crippen molar-refractivity contribution in [1.29, 1.82) is 0 Å². The Bertz CT molecular complexity index is 432. The number of nitrogens with one attached hydrogen (secondary N) is 1. The summed E-state index contributed by atoms with van der Waals surface area (Å²) in [5.74, 6) is 0.872. The Balaban J connectivity index is 0.00000264. The van der Waals surface area contributed by atoms with Crippen molar-refractivity contribution < 1.29 is 14.3 Å². The van der Waals surface area contributed by atoms with Crippen LogP contribution < -0.4 is 5.32 Å². The lowest BCUT2D eigenvalue weighted by atomic mass is 9.97. The van der Waals surface area contributed by atoms with Crippen LogP contribution in [0.4, 0.5) is 0 Å². The number of hydrogen-bond acceptors (Lipinski definition) is 4. The van der Waals surface area contributed by atoms with Crippen molar-refractivity contribution in [2.24, 2.45) is 10.9 Å². The fourth-order valence-corrected chi connectivity index (χ4v) is 2.95. The SMILES string of the molecule is CN=C(NCCC1=CCOCC1)N1CCC(C(=O)OC)CC1.I. The Morgan fingerprint density at radius 1 is 1.48 bits per heavy atom. The lowest BCUT2D eigenvalue weighted by molar-refractivity contribution is -0.146. The van der Waals surface area contributed by atoms with Crippen LogP contribution in [0.2, 0.25) is 0 Å². The number of carbonyl (C=O) groups excluding carboxylic acids is 1. The number of hydrogen-bond donors (Lipinski definition) is 1. The zero-order valence-corrected chi connectivity index (χ0v) is 16.4. The van der Waals surface area contributed by atoms with Crippen LogP contribution in [0.15, 0.2) is 16.6 Å². The van der Waals surface area contributed by atoms with Gasteiger partial charge in [-0.05, 0) is 25.7 Å². The van der Waals surface area contributed by atoms with Gasteiger partial charge in [0.05, 0.1) is 26.2 Å². The molecule has 1 fully saturated rings. The average Bonchev–Trinajstić information content (AvgIpc) is 2.59. The number of ether oxygens (including phenoxy) is 2. The van der Waals surface area contributed by atoms with Gasteiger partial charge in [-0.1, -0.05) is 11.6 Å². The van der Waals surface area contributed by atoms with Crippen LogP contribution in [0.3, 0.4) is 0 Å². The van der Waals surface area contributed by atoms with Gasteiger partial charge in [-0.2, -0.15) is 0 Å². The average molecular weight is 437 g/mol. The van der Waals surface area contributed by atoms with Crippen molar-refractivity contribution in [1.82, 2.24) is 10.2 Å². The van der Waals surface area contributed by atoms with Crippen molar-refractivity contribution in [3.05, 3.63) is 11.6 Å². The molecule has 0 spiro atoms. The topological polar surface area (TPSA) is 63.2 Å². The summed E-state index contributed by atoms with van der Waals surface area (Å²) < 4.78 is 10.1. The number of nitrogens with zero attached hydrogens (tertiary/aromatic N) is 2. The summed E-state index contributed by atoms with van der Waals surface area (Å²) in [6.45, 7) is 4.15. The van der Waals surface area contributed by atoms with Gasteiger partial charge >= 0.3 is 5.97 Å². The quantitative estimate of drug-likeness (QED) is 0.239. The van der Waals surface area contributed by atoms with E-state index in [9.17, 15) is 4.79 Å². The van der Waals surface area contributed by atoms with Crippen molar-refractivity contribution in [2.75, 3.05) is 47.0 Å². The number of carbonyl (C=O) groups is 1. The van der Waals surface area contributed by atoms with E-state index in [0.29, 0.717) is 0 Å². The molecule has 2 heterocycles. The standard InChI is InChI=1S/C16H27N3O3.HI/c1-17-16(18-8-3-13-6-11-22-12-7-13)19-9-4-14(5-10-19)15(20)21-2;/h6,14H,3-5,7-12H2,1-2H3,(H,17,18);1H. The molecule has 2 aliphatic heterocycles. The molecule has 23 heavy (non-hydrogen) atoms. The smallest absolute Gasteiger partial charge is 0.308 e. The molecule has 0 atom stereocenters. The van der Waals surface area contributed by atoms with Gasteiger partial charge in [0.25, 0.3) is 0 Å². The Kier molecular flexibility index (Phi) is 9.54. The number of aliphatic imine (C=N–C) groups is 1. The number of guanidine groups is 1. The molecule has 1 saturated heterocycles. The lowest BCUT2D eigenvalue weighted by Crippen LogP contribution is -2.46. The molecule has 0 saturated carbocycles. The minimum atomic E-state index is -0.0888. The molecular weight excluding hydrogens is 409 g/mol. The first-order valence-electron chi connectivity index (χ1n) is 8.03. The maximum Gasteiger partial charge on any atom is 0.308 e. The summed E-state index contributed by atoms with van der Waals surface area (Å²) in [6.07, 6.45) is 5.90. The van der Waals surface area contributed by atoms with E-state index in [1.54, 1.807) is 0 Å². The fraction of sp³-hybridized carbons (Fsp3) is 0.750. The molecule has 0 amide bonds. The number of likely N-dealkylation sites (tertiary alicyclic amines) is 1. The number of esters is 1. The molecule has 0 aromatic heterocycles. The van der Waals surface area contributed by atoms with Crippen LogP contribution >= 0.6 is 24.0 Å². The molecule has 0 unspecified atom stereocenters. The summed E-state index contributed by atoms with van der Waals surface area (Å²) in [5.41, 5.74) is 1.46. The van der Waals surface area contributed by atoms with Gasteiger partial charge in [0.1, 0.15) is 0 Å². The van der Waals surface area contributed by atoms with Crippen molar-refractivity contribution >= 4 is 35.9 Å². The number of halogens is 1. The molecule has 0 aliphatic carbocycles. The van der Waals surface area contributed by atoms with E-state index in [1.807, 2.05) is 7.05 Å². The molecular formula is C16H28IN3O3. The summed E-state index contributed by atoms with van der Waals surface area (Å²) in [7, 11) is 3.27. The first-order valence-corrected chi connectivity index (χ1v) is 8.03. The van der Waals surface area contributed by atoms with E-state index >= 15 is 0 Å². The highest BCUT2D eigenvalue weighted by molar-refractivity contribution is 14.0. The molecule has 1 N–H and O–H groups in total. The summed E-state index contributed by atoms with van der Waals surface area (Å²) >= 11 is 0. The maximum atomic E-state index is 11.6. The van der Waals surface area contributed by atoms with Gasteiger partial charge < -0.3 is 19.7 Å². The van der Waals surface area contributed by atoms with Gasteiger partial charge in [-0.25, -0.2) is 0 Å². The van der Waals surface area contributed by atoms with Crippen LogP contribution in [0.5, 0.6) is 0 Å². The van der Waals surface area contributed by atoms with Crippen LogP contribution in [-0.4, -0.2) is 63.8 Å². The van der Waals surface area contributed by atoms with Gasteiger partial charge in [-0.15, -0.1) is 24.0 Å². The Hall–Kier alpha value is -0.830. The predicted octanol–water partition coefficient (Wildman–Crippen LogP) is 1.80. The second-order valence-corrected chi connectivity index (χ2v) is 5.70. The van der Waals surface area contributed by atoms with E-state index in [1.165, 1.54) is 12.7 Å². The van der Waals surface area contributed by atoms with Crippen molar-refractivity contribution in [3.63, 3.8) is 0 Å². The number of methoxy groups -OCH3 is 1. The van der Waals surface area contributed by atoms with Crippen molar-refractivity contribution in [3.8, 4) is 0 Å². The molecule has 2 rings (SSSR count). The van der Waals surface area contributed by atoms with E-state index in [4.69, 9.17) is 9.47 Å². The molecule has 132 valence electrons. The molecule has 0 aromatic rings. The predicted molar refractivity (Wildman–Crippen MR) is 101 cm³/mol. The van der Waals surface area contributed by atoms with E-state index < -0.39 is 0 Å². The second-order valence-electron chi connectivity index (χ2n) is 5.70. The van der Waals surface area contributed by atoms with Gasteiger partial charge in [0, 0.05) is 26.7 Å². The highest BCUT2D eigenvalue weighted by atomic mass is 127. The molecule has 0 aromatic carbocycles. The van der Waals surface area contributed by atoms with Crippen LogP contribution in [0, 0.1) is 5.92 Å². The Morgan fingerprint density at radius 3 is 2.78 bits per heavy atom. The van der Waals surface area contributed by atoms with Gasteiger partial charge in [0.15, 0.2) is 5.96 Å². The van der Waals surface area contributed by atoms with Crippen LogP contribution in [-0.2, 0) is 14.3 Å². The molecule has 6 nitrogen and oxygen atoms in total. The molecule has 2 aliphatic rings. The summed E-state index contributed by atoms with van der Waals surface area (Å²) in [6, 6.07) is 0. The third-order valence-corrected chi connectivity index (χ3v) is 4.33. The van der Waals surface area contributed by atoms with E-state index in [0.717, 1.165) is 64.5 Å². The summed E-state index contributed by atoms with van der Waals surface area (Å²) in [4.78, 5) is 18.1. The Morgan fingerprint density at radius 2 is 2.22 bits per heavy atom. The molecule has 7 heteroatoms. The monoisotopic (exact) mass is 437 g/mol. The normalized spacial score (nSPS) is 19.7. The van der Waals surface area contributed by atoms with E-state index in [2.05, 4.69) is 21.3 Å². The van der Waals surface area contributed by atoms with Crippen molar-refractivity contribution in [2.45, 2.75) is 25.7 Å². The summed E-state index contributed by atoms with van der Waals surface area (Å²) in [5, 5.41) is 3.42. The van der Waals surface area contributed by atoms with Gasteiger partial charge in [-0.3, -0.25) is 9.79 Å². The van der Waals surface area contributed by atoms with Crippen LogP contribution in [0.25, 0.3) is 0 Å². The first-order chi connectivity index (χ1) is 10.7. The maximum absolute atomic E-state index is 11.6. The van der Waals surface area contributed by atoms with Gasteiger partial charge in [0.2, 0.25) is 0 Å². The molecule has 0 radical (unpaired) electrons. The number of rotatable bonds is 4. The highest BCUT2D eigenvalue weighted by Gasteiger charge is 2.26. The van der Waals surface area contributed by atoms with Crippen LogP contribution in [0.1, 0.15) is 25.7 Å². The fourth-order valence-electron chi connectivity index (χ4n) is 2.95. The largest absolute Gasteiger partial charge is 0.469 e.